The second kappa shape index (κ2) is 12.6. The van der Waals surface area contributed by atoms with Crippen molar-refractivity contribution in [2.24, 2.45) is 0 Å². The molecule has 0 saturated heterocycles. The standard InChI is InChI=1S/C46H33NO2P2/c48-50(36-18-5-1-6-19-36,37-20-7-2-8-21-37)40-31-35(32-41(33-40)51(49,38-22-9-3-10-23-38)39-24-11-4-12-25-39)47-44-28-16-15-27-43(44)46-42-26-14-13-17-34(42)29-30-45(46)47/h1-33H. The number of aromatic nitrogens is 1. The van der Waals surface area contributed by atoms with E-state index >= 15 is 9.13 Å². The third kappa shape index (κ3) is 5.04. The maximum atomic E-state index is 16.1. The van der Waals surface area contributed by atoms with Crippen LogP contribution in [0.1, 0.15) is 0 Å². The molecule has 0 unspecified atom stereocenters. The highest BCUT2D eigenvalue weighted by molar-refractivity contribution is 7.86. The number of hydrogen-bond acceptors (Lipinski definition) is 2. The Morgan fingerprint density at radius 2 is 0.745 bits per heavy atom. The van der Waals surface area contributed by atoms with Crippen LogP contribution in [0.25, 0.3) is 38.3 Å². The van der Waals surface area contributed by atoms with E-state index in [1.807, 2.05) is 127 Å². The van der Waals surface area contributed by atoms with Gasteiger partial charge in [-0.3, -0.25) is 0 Å². The van der Waals surface area contributed by atoms with Crippen molar-refractivity contribution in [3.05, 3.63) is 200 Å². The number of para-hydroxylation sites is 1. The molecule has 1 aromatic heterocycles. The summed E-state index contributed by atoms with van der Waals surface area (Å²) >= 11 is 0. The summed E-state index contributed by atoms with van der Waals surface area (Å²) in [6.07, 6.45) is 0. The molecule has 0 aliphatic carbocycles. The summed E-state index contributed by atoms with van der Waals surface area (Å²) < 4.78 is 34.4. The van der Waals surface area contributed by atoms with Crippen molar-refractivity contribution in [1.29, 1.82) is 0 Å². The quantitative estimate of drug-likeness (QED) is 0.156. The fourth-order valence-electron chi connectivity index (χ4n) is 7.54. The van der Waals surface area contributed by atoms with Crippen LogP contribution in [0.5, 0.6) is 0 Å². The fraction of sp³-hybridized carbons (Fsp3) is 0. The van der Waals surface area contributed by atoms with Crippen LogP contribution in [-0.2, 0) is 9.13 Å². The fourth-order valence-corrected chi connectivity index (χ4v) is 13.1. The Bertz CT molecular complexity index is 2590. The van der Waals surface area contributed by atoms with Crippen molar-refractivity contribution in [3.63, 3.8) is 0 Å². The van der Waals surface area contributed by atoms with Crippen molar-refractivity contribution >= 4 is 78.7 Å². The highest BCUT2D eigenvalue weighted by Gasteiger charge is 2.35. The third-order valence-corrected chi connectivity index (χ3v) is 16.0. The number of nitrogens with zero attached hydrogens (tertiary/aromatic N) is 1. The number of hydrogen-bond donors (Lipinski definition) is 0. The predicted molar refractivity (Wildman–Crippen MR) is 217 cm³/mol. The van der Waals surface area contributed by atoms with Crippen molar-refractivity contribution in [2.45, 2.75) is 0 Å². The van der Waals surface area contributed by atoms with E-state index in [4.69, 9.17) is 0 Å². The minimum atomic E-state index is -3.48. The van der Waals surface area contributed by atoms with E-state index in [0.29, 0.717) is 10.6 Å². The van der Waals surface area contributed by atoms with Crippen LogP contribution in [-0.4, -0.2) is 4.57 Å². The predicted octanol–water partition coefficient (Wildman–Crippen LogP) is 9.22. The Labute approximate surface area is 297 Å². The largest absolute Gasteiger partial charge is 0.309 e. The molecule has 0 atom stereocenters. The highest BCUT2D eigenvalue weighted by Crippen LogP contribution is 2.47. The van der Waals surface area contributed by atoms with Crippen molar-refractivity contribution < 1.29 is 9.13 Å². The van der Waals surface area contributed by atoms with Gasteiger partial charge in [-0.05, 0) is 41.1 Å². The van der Waals surface area contributed by atoms with Gasteiger partial charge >= 0.3 is 0 Å². The molecule has 8 aromatic carbocycles. The highest BCUT2D eigenvalue weighted by atomic mass is 31.2. The first kappa shape index (κ1) is 31.3. The second-order valence-electron chi connectivity index (χ2n) is 12.8. The summed E-state index contributed by atoms with van der Waals surface area (Å²) in [6, 6.07) is 66.2. The van der Waals surface area contributed by atoms with Gasteiger partial charge in [0.15, 0.2) is 14.3 Å². The Hall–Kier alpha value is -5.72. The molecule has 3 nitrogen and oxygen atoms in total. The van der Waals surface area contributed by atoms with E-state index in [9.17, 15) is 0 Å². The lowest BCUT2D eigenvalue weighted by atomic mass is 10.0. The van der Waals surface area contributed by atoms with Crippen LogP contribution in [0.4, 0.5) is 0 Å². The van der Waals surface area contributed by atoms with Crippen LogP contribution >= 0.6 is 14.3 Å². The first-order valence-electron chi connectivity index (χ1n) is 17.1. The zero-order valence-electron chi connectivity index (χ0n) is 27.7. The average molecular weight is 694 g/mol. The van der Waals surface area contributed by atoms with Crippen LogP contribution in [0, 0.1) is 0 Å². The van der Waals surface area contributed by atoms with Crippen LogP contribution in [0.3, 0.4) is 0 Å². The van der Waals surface area contributed by atoms with Gasteiger partial charge in [0.05, 0.1) is 11.0 Å². The van der Waals surface area contributed by atoms with E-state index in [-0.39, 0.29) is 0 Å². The molecule has 51 heavy (non-hydrogen) atoms. The lowest BCUT2D eigenvalue weighted by molar-refractivity contribution is 0.592. The van der Waals surface area contributed by atoms with Gasteiger partial charge in [0.2, 0.25) is 0 Å². The van der Waals surface area contributed by atoms with Gasteiger partial charge < -0.3 is 13.7 Å². The van der Waals surface area contributed by atoms with Crippen molar-refractivity contribution in [1.82, 2.24) is 4.57 Å². The minimum Gasteiger partial charge on any atom is -0.309 e. The summed E-state index contributed by atoms with van der Waals surface area (Å²) in [6.45, 7) is 0. The summed E-state index contributed by atoms with van der Waals surface area (Å²) in [4.78, 5) is 0. The molecule has 0 amide bonds. The van der Waals surface area contributed by atoms with E-state index in [0.717, 1.165) is 54.1 Å². The molecule has 0 aliphatic rings. The maximum absolute atomic E-state index is 16.1. The minimum absolute atomic E-state index is 0.631. The molecule has 244 valence electrons. The van der Waals surface area contributed by atoms with Gasteiger partial charge in [-0.25, -0.2) is 0 Å². The van der Waals surface area contributed by atoms with Crippen LogP contribution in [0.2, 0.25) is 0 Å². The smallest absolute Gasteiger partial charge is 0.171 e. The molecule has 0 saturated carbocycles. The van der Waals surface area contributed by atoms with Gasteiger partial charge in [-0.1, -0.05) is 170 Å². The third-order valence-electron chi connectivity index (χ3n) is 9.91. The first-order valence-corrected chi connectivity index (χ1v) is 20.5. The maximum Gasteiger partial charge on any atom is 0.171 e. The number of fused-ring (bicyclic) bond motifs is 5. The summed E-state index contributed by atoms with van der Waals surface area (Å²) in [7, 11) is -6.96. The topological polar surface area (TPSA) is 39.1 Å². The van der Waals surface area contributed by atoms with Crippen molar-refractivity contribution in [3.8, 4) is 5.69 Å². The van der Waals surface area contributed by atoms with Gasteiger partial charge in [0, 0.05) is 48.3 Å². The average Bonchev–Trinajstić information content (AvgIpc) is 3.56. The second-order valence-corrected chi connectivity index (χ2v) is 18.3. The molecule has 0 radical (unpaired) electrons. The Kier molecular flexibility index (Phi) is 7.70. The Morgan fingerprint density at radius 3 is 1.24 bits per heavy atom. The van der Waals surface area contributed by atoms with E-state index in [2.05, 4.69) is 77.4 Å². The molecule has 0 bridgehead atoms. The summed E-state index contributed by atoms with van der Waals surface area (Å²) in [5, 5.41) is 8.76. The van der Waals surface area contributed by atoms with Gasteiger partial charge in [-0.15, -0.1) is 0 Å². The lowest BCUT2D eigenvalue weighted by Gasteiger charge is -2.25. The Balaban J connectivity index is 1.44. The molecule has 0 N–H and O–H groups in total. The molecule has 5 heteroatoms. The number of benzene rings is 8. The molecule has 9 aromatic rings. The van der Waals surface area contributed by atoms with E-state index in [1.165, 1.54) is 5.39 Å². The Morgan fingerprint density at radius 1 is 0.333 bits per heavy atom. The van der Waals surface area contributed by atoms with Gasteiger partial charge in [0.25, 0.3) is 0 Å². The molecular formula is C46H33NO2P2. The zero-order valence-corrected chi connectivity index (χ0v) is 29.5. The molecule has 9 rings (SSSR count). The molecule has 0 spiro atoms. The van der Waals surface area contributed by atoms with Gasteiger partial charge in [0.1, 0.15) is 0 Å². The normalized spacial score (nSPS) is 12.1. The molecule has 1 heterocycles. The molecule has 0 fully saturated rings. The van der Waals surface area contributed by atoms with Crippen molar-refractivity contribution in [2.75, 3.05) is 0 Å². The summed E-state index contributed by atoms with van der Waals surface area (Å²) in [5.41, 5.74) is 2.86. The van der Waals surface area contributed by atoms with E-state index in [1.54, 1.807) is 0 Å². The van der Waals surface area contributed by atoms with Gasteiger partial charge in [-0.2, -0.15) is 0 Å². The monoisotopic (exact) mass is 693 g/mol. The lowest BCUT2D eigenvalue weighted by Crippen LogP contribution is -2.31. The summed E-state index contributed by atoms with van der Waals surface area (Å²) in [5.74, 6) is 0. The first-order chi connectivity index (χ1) is 25.1. The molecular weight excluding hydrogens is 660 g/mol. The number of rotatable bonds is 7. The van der Waals surface area contributed by atoms with Crippen LogP contribution in [0.15, 0.2) is 200 Å². The zero-order chi connectivity index (χ0) is 34.4. The van der Waals surface area contributed by atoms with E-state index < -0.39 is 14.3 Å². The van der Waals surface area contributed by atoms with Crippen LogP contribution < -0.4 is 31.8 Å². The SMILES string of the molecule is O=P(c1ccccc1)(c1ccccc1)c1cc(-n2c3ccccc3c3c4ccccc4ccc32)cc(P(=O)(c2ccccc2)c2ccccc2)c1. The molecule has 0 aliphatic heterocycles.